The highest BCUT2D eigenvalue weighted by Gasteiger charge is 2.19. The number of alkyl halides is 1. The van der Waals surface area contributed by atoms with Crippen LogP contribution >= 0.6 is 11.6 Å². The lowest BCUT2D eigenvalue weighted by Gasteiger charge is -2.06. The summed E-state index contributed by atoms with van der Waals surface area (Å²) < 4.78 is 8.92. The van der Waals surface area contributed by atoms with Crippen LogP contribution in [0, 0.1) is 13.8 Å². The van der Waals surface area contributed by atoms with Crippen molar-refractivity contribution in [1.82, 2.24) is 29.5 Å². The van der Waals surface area contributed by atoms with Gasteiger partial charge in [-0.25, -0.2) is 9.67 Å². The van der Waals surface area contributed by atoms with E-state index < -0.39 is 0 Å². The second-order valence-corrected chi connectivity index (χ2v) is 4.82. The largest absolute Gasteiger partial charge is 0.340 e. The fourth-order valence-corrected chi connectivity index (χ4v) is 2.51. The third-order valence-electron chi connectivity index (χ3n) is 3.17. The van der Waals surface area contributed by atoms with E-state index in [1.807, 2.05) is 23.1 Å². The van der Waals surface area contributed by atoms with Crippen LogP contribution < -0.4 is 0 Å². The molecule has 0 atom stereocenters. The summed E-state index contributed by atoms with van der Waals surface area (Å²) >= 11 is 6.00. The number of aryl methyl sites for hydroxylation is 3. The van der Waals surface area contributed by atoms with Gasteiger partial charge in [-0.2, -0.15) is 10.1 Å². The van der Waals surface area contributed by atoms with Gasteiger partial charge in [0.2, 0.25) is 5.89 Å². The predicted octanol–water partition coefficient (Wildman–Crippen LogP) is 2.04. The van der Waals surface area contributed by atoms with E-state index in [9.17, 15) is 0 Å². The molecule has 8 heteroatoms. The first-order chi connectivity index (χ1) is 9.63. The molecule has 0 saturated carbocycles. The molecule has 0 amide bonds. The highest BCUT2D eigenvalue weighted by molar-refractivity contribution is 6.16. The zero-order chi connectivity index (χ0) is 14.3. The molecule has 20 heavy (non-hydrogen) atoms. The number of aromatic nitrogens is 6. The third-order valence-corrected chi connectivity index (χ3v) is 3.41. The van der Waals surface area contributed by atoms with Gasteiger partial charge in [-0.15, -0.1) is 11.6 Å². The van der Waals surface area contributed by atoms with Gasteiger partial charge in [-0.3, -0.25) is 0 Å². The maximum absolute atomic E-state index is 6.00. The molecule has 3 aromatic rings. The highest BCUT2D eigenvalue weighted by Crippen LogP contribution is 2.21. The van der Waals surface area contributed by atoms with Crippen LogP contribution in [0.2, 0.25) is 0 Å². The van der Waals surface area contributed by atoms with Crippen LogP contribution in [-0.2, 0) is 19.0 Å². The lowest BCUT2D eigenvalue weighted by atomic mass is 10.4. The number of rotatable bonds is 4. The van der Waals surface area contributed by atoms with Gasteiger partial charge >= 0.3 is 0 Å². The molecule has 0 aliphatic carbocycles. The van der Waals surface area contributed by atoms with Crippen molar-refractivity contribution in [3.8, 4) is 0 Å². The Morgan fingerprint density at radius 2 is 2.05 bits per heavy atom. The van der Waals surface area contributed by atoms with Gasteiger partial charge in [0.15, 0.2) is 11.5 Å². The van der Waals surface area contributed by atoms with Crippen molar-refractivity contribution in [2.24, 2.45) is 0 Å². The summed E-state index contributed by atoms with van der Waals surface area (Å²) in [6.07, 6.45) is 0. The number of halogens is 1. The van der Waals surface area contributed by atoms with Gasteiger partial charge in [0.1, 0.15) is 11.3 Å². The van der Waals surface area contributed by atoms with Gasteiger partial charge < -0.3 is 9.09 Å². The number of hydrogen-bond donors (Lipinski definition) is 0. The summed E-state index contributed by atoms with van der Waals surface area (Å²) in [7, 11) is 0. The molecule has 0 radical (unpaired) electrons. The first-order valence-corrected chi connectivity index (χ1v) is 6.95. The van der Waals surface area contributed by atoms with Gasteiger partial charge in [-0.05, 0) is 13.8 Å². The Bertz CT molecular complexity index is 756. The normalized spacial score (nSPS) is 11.6. The molecular formula is C12H15ClN6O. The fraction of sp³-hybridized carbons (Fsp3) is 0.500. The third kappa shape index (κ3) is 1.98. The summed E-state index contributed by atoms with van der Waals surface area (Å²) in [6.45, 7) is 7.00. The standard InChI is InChI=1S/C12H15ClN6O/c1-4-19-12-11(7(2)16-19)15-10(5-13)18(12)6-9-14-8(3)20-17-9/h4-6H2,1-3H3. The van der Waals surface area contributed by atoms with Gasteiger partial charge in [-0.1, -0.05) is 5.16 Å². The number of nitrogens with zero attached hydrogens (tertiary/aromatic N) is 6. The van der Waals surface area contributed by atoms with Crippen molar-refractivity contribution >= 4 is 22.8 Å². The topological polar surface area (TPSA) is 74.6 Å². The molecule has 0 aliphatic rings. The molecule has 7 nitrogen and oxygen atoms in total. The molecule has 3 aromatic heterocycles. The molecule has 3 rings (SSSR count). The maximum atomic E-state index is 6.00. The molecule has 0 bridgehead atoms. The molecular weight excluding hydrogens is 280 g/mol. The van der Waals surface area contributed by atoms with Crippen LogP contribution in [0.5, 0.6) is 0 Å². The summed E-state index contributed by atoms with van der Waals surface area (Å²) in [5.41, 5.74) is 2.72. The molecule has 0 saturated heterocycles. The van der Waals surface area contributed by atoms with Crippen molar-refractivity contribution in [1.29, 1.82) is 0 Å². The van der Waals surface area contributed by atoms with Crippen LogP contribution in [-0.4, -0.2) is 29.5 Å². The summed E-state index contributed by atoms with van der Waals surface area (Å²) in [6, 6.07) is 0. The Balaban J connectivity index is 2.16. The minimum atomic E-state index is 0.328. The van der Waals surface area contributed by atoms with Crippen LogP contribution in [0.3, 0.4) is 0 Å². The second-order valence-electron chi connectivity index (χ2n) is 4.55. The lowest BCUT2D eigenvalue weighted by Crippen LogP contribution is -2.10. The zero-order valence-electron chi connectivity index (χ0n) is 11.6. The Hall–Kier alpha value is -1.89. The number of hydrogen-bond acceptors (Lipinski definition) is 5. The average Bonchev–Trinajstić information content (AvgIpc) is 3.08. The van der Waals surface area contributed by atoms with E-state index in [0.29, 0.717) is 24.1 Å². The molecule has 106 valence electrons. The smallest absolute Gasteiger partial charge is 0.223 e. The van der Waals surface area contributed by atoms with E-state index in [0.717, 1.165) is 29.2 Å². The minimum Gasteiger partial charge on any atom is -0.340 e. The lowest BCUT2D eigenvalue weighted by molar-refractivity contribution is 0.386. The minimum absolute atomic E-state index is 0.328. The summed E-state index contributed by atoms with van der Waals surface area (Å²) in [4.78, 5) is 8.79. The molecule has 3 heterocycles. The summed E-state index contributed by atoms with van der Waals surface area (Å²) in [5.74, 6) is 2.26. The van der Waals surface area contributed by atoms with Gasteiger partial charge in [0, 0.05) is 13.5 Å². The van der Waals surface area contributed by atoms with E-state index >= 15 is 0 Å². The van der Waals surface area contributed by atoms with E-state index in [-0.39, 0.29) is 0 Å². The summed E-state index contributed by atoms with van der Waals surface area (Å²) in [5, 5.41) is 8.40. The molecule has 0 spiro atoms. The Kier molecular flexibility index (Phi) is 3.21. The van der Waals surface area contributed by atoms with E-state index in [1.54, 1.807) is 6.92 Å². The Labute approximate surface area is 120 Å². The first kappa shape index (κ1) is 13.1. The molecule has 0 N–H and O–H groups in total. The van der Waals surface area contributed by atoms with Crippen LogP contribution in [0.15, 0.2) is 4.52 Å². The maximum Gasteiger partial charge on any atom is 0.223 e. The van der Waals surface area contributed by atoms with E-state index in [4.69, 9.17) is 16.1 Å². The van der Waals surface area contributed by atoms with Crippen molar-refractivity contribution in [3.63, 3.8) is 0 Å². The average molecular weight is 295 g/mol. The number of imidazole rings is 1. The number of fused-ring (bicyclic) bond motifs is 1. The monoisotopic (exact) mass is 294 g/mol. The zero-order valence-corrected chi connectivity index (χ0v) is 12.3. The Morgan fingerprint density at radius 3 is 2.65 bits per heavy atom. The molecule has 0 aromatic carbocycles. The van der Waals surface area contributed by atoms with Crippen LogP contribution in [0.4, 0.5) is 0 Å². The Morgan fingerprint density at radius 1 is 1.25 bits per heavy atom. The second kappa shape index (κ2) is 4.90. The quantitative estimate of drug-likeness (QED) is 0.688. The van der Waals surface area contributed by atoms with Crippen molar-refractivity contribution in [3.05, 3.63) is 23.2 Å². The molecule has 0 fully saturated rings. The molecule has 0 aliphatic heterocycles. The van der Waals surface area contributed by atoms with Gasteiger partial charge in [0.05, 0.1) is 18.1 Å². The van der Waals surface area contributed by atoms with E-state index in [1.165, 1.54) is 0 Å². The fourth-order valence-electron chi connectivity index (χ4n) is 2.31. The SMILES string of the molecule is CCn1nc(C)c2nc(CCl)n(Cc3noc(C)n3)c21. The van der Waals surface area contributed by atoms with Crippen LogP contribution in [0.1, 0.15) is 30.2 Å². The predicted molar refractivity (Wildman–Crippen MR) is 73.6 cm³/mol. The highest BCUT2D eigenvalue weighted by atomic mass is 35.5. The van der Waals surface area contributed by atoms with Gasteiger partial charge in [0.25, 0.3) is 0 Å². The van der Waals surface area contributed by atoms with Crippen molar-refractivity contribution in [2.75, 3.05) is 0 Å². The first-order valence-electron chi connectivity index (χ1n) is 6.41. The molecule has 0 unspecified atom stereocenters. The van der Waals surface area contributed by atoms with Crippen LogP contribution in [0.25, 0.3) is 11.2 Å². The van der Waals surface area contributed by atoms with Crippen molar-refractivity contribution < 1.29 is 4.52 Å². The van der Waals surface area contributed by atoms with Crippen molar-refractivity contribution in [2.45, 2.75) is 39.7 Å². The van der Waals surface area contributed by atoms with E-state index in [2.05, 4.69) is 20.2 Å².